The zero-order chi connectivity index (χ0) is 14.5. The number of nitrogens with one attached hydrogen (secondary N) is 1. The van der Waals surface area contributed by atoms with Gasteiger partial charge in [-0.25, -0.2) is 5.84 Å². The second-order valence-electron chi connectivity index (χ2n) is 4.64. The first-order valence-electron chi connectivity index (χ1n) is 6.33. The Morgan fingerprint density at radius 3 is 2.80 bits per heavy atom. The van der Waals surface area contributed by atoms with E-state index in [-0.39, 0.29) is 5.91 Å². The number of nitrogens with two attached hydrogens (primary N) is 1. The number of hydrogen-bond donors (Lipinski definition) is 2. The molecule has 0 saturated heterocycles. The molecule has 0 radical (unpaired) electrons. The Bertz CT molecular complexity index is 608. The molecule has 2 aromatic rings. The fourth-order valence-electron chi connectivity index (χ4n) is 1.99. The third-order valence-electron chi connectivity index (χ3n) is 2.94. The van der Waals surface area contributed by atoms with E-state index in [1.807, 2.05) is 0 Å². The first-order valence-corrected chi connectivity index (χ1v) is 7.49. The summed E-state index contributed by atoms with van der Waals surface area (Å²) in [6.07, 6.45) is 0. The number of carbonyl (C=O) groups excluding carboxylic acids is 1. The van der Waals surface area contributed by atoms with Gasteiger partial charge in [-0.1, -0.05) is 29.8 Å². The molecule has 0 aliphatic rings. The SMILES string of the molecule is Cc1cccc(CSCc2cc(C(=O)NN)c(C)o2)c1. The van der Waals surface area contributed by atoms with E-state index in [2.05, 4.69) is 36.6 Å². The monoisotopic (exact) mass is 290 g/mol. The van der Waals surface area contributed by atoms with Crippen molar-refractivity contribution in [3.05, 3.63) is 58.5 Å². The number of carbonyl (C=O) groups is 1. The molecule has 1 aromatic carbocycles. The zero-order valence-corrected chi connectivity index (χ0v) is 12.4. The van der Waals surface area contributed by atoms with Crippen LogP contribution in [0.1, 0.15) is 33.0 Å². The van der Waals surface area contributed by atoms with E-state index in [1.54, 1.807) is 24.8 Å². The number of amides is 1. The average Bonchev–Trinajstić information content (AvgIpc) is 2.79. The van der Waals surface area contributed by atoms with Gasteiger partial charge < -0.3 is 4.42 Å². The first kappa shape index (κ1) is 14.7. The number of rotatable bonds is 5. The van der Waals surface area contributed by atoms with Crippen LogP contribution in [-0.4, -0.2) is 5.91 Å². The number of aryl methyl sites for hydroxylation is 2. The topological polar surface area (TPSA) is 68.3 Å². The molecule has 0 aliphatic heterocycles. The fraction of sp³-hybridized carbons (Fsp3) is 0.267. The van der Waals surface area contributed by atoms with Gasteiger partial charge in [-0.3, -0.25) is 10.2 Å². The molecule has 106 valence electrons. The summed E-state index contributed by atoms with van der Waals surface area (Å²) in [7, 11) is 0. The molecule has 3 N–H and O–H groups in total. The number of thioether (sulfide) groups is 1. The molecule has 0 aliphatic carbocycles. The van der Waals surface area contributed by atoms with E-state index in [0.717, 1.165) is 17.3 Å². The van der Waals surface area contributed by atoms with Crippen LogP contribution in [0.15, 0.2) is 34.7 Å². The minimum atomic E-state index is -0.318. The van der Waals surface area contributed by atoms with Gasteiger partial charge in [0.2, 0.25) is 0 Å². The van der Waals surface area contributed by atoms with Crippen LogP contribution < -0.4 is 11.3 Å². The predicted molar refractivity (Wildman–Crippen MR) is 81.3 cm³/mol. The molecule has 1 amide bonds. The van der Waals surface area contributed by atoms with Crippen LogP contribution in [0.25, 0.3) is 0 Å². The Morgan fingerprint density at radius 2 is 2.10 bits per heavy atom. The Morgan fingerprint density at radius 1 is 1.30 bits per heavy atom. The van der Waals surface area contributed by atoms with Crippen molar-refractivity contribution in [1.29, 1.82) is 0 Å². The molecule has 1 aromatic heterocycles. The molecule has 5 heteroatoms. The highest BCUT2D eigenvalue weighted by atomic mass is 32.2. The maximum absolute atomic E-state index is 11.5. The molecule has 20 heavy (non-hydrogen) atoms. The summed E-state index contributed by atoms with van der Waals surface area (Å²) in [5.74, 6) is 7.84. The van der Waals surface area contributed by atoms with Gasteiger partial charge in [0.15, 0.2) is 0 Å². The predicted octanol–water partition coefficient (Wildman–Crippen LogP) is 2.93. The first-order chi connectivity index (χ1) is 9.60. The summed E-state index contributed by atoms with van der Waals surface area (Å²) in [5, 5.41) is 0. The van der Waals surface area contributed by atoms with Crippen LogP contribution in [0.5, 0.6) is 0 Å². The lowest BCUT2D eigenvalue weighted by Gasteiger charge is -2.01. The van der Waals surface area contributed by atoms with Crippen molar-refractivity contribution < 1.29 is 9.21 Å². The number of benzene rings is 1. The third kappa shape index (κ3) is 3.65. The third-order valence-corrected chi connectivity index (χ3v) is 3.97. The van der Waals surface area contributed by atoms with Crippen molar-refractivity contribution in [1.82, 2.24) is 5.43 Å². The van der Waals surface area contributed by atoms with Gasteiger partial charge in [0.05, 0.1) is 11.3 Å². The molecule has 4 nitrogen and oxygen atoms in total. The maximum Gasteiger partial charge on any atom is 0.268 e. The van der Waals surface area contributed by atoms with Gasteiger partial charge in [-0.05, 0) is 25.5 Å². The molecular formula is C15H18N2O2S. The van der Waals surface area contributed by atoms with Crippen LogP contribution in [0.3, 0.4) is 0 Å². The van der Waals surface area contributed by atoms with Crippen molar-refractivity contribution in [2.24, 2.45) is 5.84 Å². The van der Waals surface area contributed by atoms with E-state index in [4.69, 9.17) is 10.3 Å². The van der Waals surface area contributed by atoms with Gasteiger partial charge in [-0.2, -0.15) is 0 Å². The van der Waals surface area contributed by atoms with Gasteiger partial charge >= 0.3 is 0 Å². The number of hydrogen-bond acceptors (Lipinski definition) is 4. The van der Waals surface area contributed by atoms with E-state index in [0.29, 0.717) is 11.3 Å². The van der Waals surface area contributed by atoms with Gasteiger partial charge in [-0.15, -0.1) is 11.8 Å². The summed E-state index contributed by atoms with van der Waals surface area (Å²) in [6.45, 7) is 3.85. The Kier molecular flexibility index (Phi) is 4.87. The standard InChI is InChI=1S/C15H18N2O2S/c1-10-4-3-5-12(6-10)8-20-9-13-7-14(11(2)19-13)15(18)17-16/h3-7H,8-9,16H2,1-2H3,(H,17,18). The molecule has 0 spiro atoms. The molecule has 0 saturated carbocycles. The van der Waals surface area contributed by atoms with E-state index in [9.17, 15) is 4.79 Å². The quantitative estimate of drug-likeness (QED) is 0.505. The normalized spacial score (nSPS) is 10.6. The molecule has 0 bridgehead atoms. The summed E-state index contributed by atoms with van der Waals surface area (Å²) in [5.41, 5.74) is 5.17. The average molecular weight is 290 g/mol. The second kappa shape index (κ2) is 6.63. The van der Waals surface area contributed by atoms with Gasteiger partial charge in [0, 0.05) is 5.75 Å². The lowest BCUT2D eigenvalue weighted by molar-refractivity contribution is 0.0952. The van der Waals surface area contributed by atoms with Gasteiger partial charge in [0.1, 0.15) is 11.5 Å². The van der Waals surface area contributed by atoms with E-state index >= 15 is 0 Å². The minimum Gasteiger partial charge on any atom is -0.465 e. The lowest BCUT2D eigenvalue weighted by Crippen LogP contribution is -2.30. The number of furan rings is 1. The molecular weight excluding hydrogens is 272 g/mol. The Labute approximate surface area is 122 Å². The largest absolute Gasteiger partial charge is 0.465 e. The lowest BCUT2D eigenvalue weighted by atomic mass is 10.2. The molecule has 0 atom stereocenters. The molecule has 0 unspecified atom stereocenters. The fourth-order valence-corrected chi connectivity index (χ4v) is 2.85. The molecule has 0 fully saturated rings. The van der Waals surface area contributed by atoms with E-state index < -0.39 is 0 Å². The van der Waals surface area contributed by atoms with Crippen LogP contribution in [-0.2, 0) is 11.5 Å². The summed E-state index contributed by atoms with van der Waals surface area (Å²) >= 11 is 1.75. The summed E-state index contributed by atoms with van der Waals surface area (Å²) in [4.78, 5) is 11.5. The maximum atomic E-state index is 11.5. The van der Waals surface area contributed by atoms with Crippen LogP contribution in [0.2, 0.25) is 0 Å². The smallest absolute Gasteiger partial charge is 0.268 e. The highest BCUT2D eigenvalue weighted by Gasteiger charge is 2.13. The Balaban J connectivity index is 1.93. The zero-order valence-electron chi connectivity index (χ0n) is 11.6. The van der Waals surface area contributed by atoms with Crippen LogP contribution in [0.4, 0.5) is 0 Å². The second-order valence-corrected chi connectivity index (χ2v) is 5.62. The van der Waals surface area contributed by atoms with Crippen LogP contribution >= 0.6 is 11.8 Å². The van der Waals surface area contributed by atoms with Crippen molar-refractivity contribution in [2.45, 2.75) is 25.4 Å². The highest BCUT2D eigenvalue weighted by Crippen LogP contribution is 2.22. The number of nitrogen functional groups attached to an aromatic ring is 1. The Hall–Kier alpha value is -1.72. The highest BCUT2D eigenvalue weighted by molar-refractivity contribution is 7.97. The van der Waals surface area contributed by atoms with Gasteiger partial charge in [0.25, 0.3) is 5.91 Å². The summed E-state index contributed by atoms with van der Waals surface area (Å²) < 4.78 is 5.56. The summed E-state index contributed by atoms with van der Waals surface area (Å²) in [6, 6.07) is 10.2. The van der Waals surface area contributed by atoms with Crippen molar-refractivity contribution >= 4 is 17.7 Å². The molecule has 2 rings (SSSR count). The van der Waals surface area contributed by atoms with Crippen molar-refractivity contribution in [2.75, 3.05) is 0 Å². The minimum absolute atomic E-state index is 0.318. The van der Waals surface area contributed by atoms with Crippen LogP contribution in [0, 0.1) is 13.8 Å². The van der Waals surface area contributed by atoms with E-state index in [1.165, 1.54) is 11.1 Å². The number of hydrazine groups is 1. The van der Waals surface area contributed by atoms with Crippen molar-refractivity contribution in [3.8, 4) is 0 Å². The van der Waals surface area contributed by atoms with Crippen molar-refractivity contribution in [3.63, 3.8) is 0 Å². The molecule has 1 heterocycles.